The molecule has 0 saturated heterocycles. The highest BCUT2D eigenvalue weighted by Crippen LogP contribution is 2.30. The summed E-state index contributed by atoms with van der Waals surface area (Å²) in [4.78, 5) is 4.61. The van der Waals surface area contributed by atoms with Crippen molar-refractivity contribution >= 4 is 0 Å². The zero-order valence-corrected chi connectivity index (χ0v) is 12.9. The van der Waals surface area contributed by atoms with Gasteiger partial charge in [0.2, 0.25) is 5.95 Å². The summed E-state index contributed by atoms with van der Waals surface area (Å²) < 4.78 is 16.8. The molecular weight excluding hydrogens is 299 g/mol. The van der Waals surface area contributed by atoms with Crippen LogP contribution in [-0.4, -0.2) is 9.55 Å². The largest absolute Gasteiger partial charge is 0.268 e. The number of benzene rings is 3. The van der Waals surface area contributed by atoms with Gasteiger partial charge in [0.25, 0.3) is 0 Å². The molecule has 0 saturated carbocycles. The first-order valence-electron chi connectivity index (χ1n) is 7.79. The van der Waals surface area contributed by atoms with Crippen molar-refractivity contribution in [1.82, 2.24) is 9.55 Å². The van der Waals surface area contributed by atoms with Crippen LogP contribution in [0.1, 0.15) is 0 Å². The van der Waals surface area contributed by atoms with Crippen LogP contribution in [0.4, 0.5) is 4.39 Å². The van der Waals surface area contributed by atoms with Gasteiger partial charge in [0.1, 0.15) is 11.5 Å². The summed E-state index contributed by atoms with van der Waals surface area (Å²) in [7, 11) is 0. The topological polar surface area (TPSA) is 17.8 Å². The van der Waals surface area contributed by atoms with Crippen molar-refractivity contribution in [2.75, 3.05) is 0 Å². The van der Waals surface area contributed by atoms with Gasteiger partial charge in [0.05, 0.1) is 0 Å². The molecule has 0 atom stereocenters. The molecule has 0 fully saturated rings. The van der Waals surface area contributed by atoms with Crippen molar-refractivity contribution in [2.45, 2.75) is 0 Å². The van der Waals surface area contributed by atoms with Gasteiger partial charge in [-0.3, -0.25) is 4.57 Å². The Morgan fingerprint density at radius 1 is 0.625 bits per heavy atom. The highest BCUT2D eigenvalue weighted by molar-refractivity contribution is 5.67. The maximum atomic E-state index is 15.3. The fourth-order valence-corrected chi connectivity index (χ4v) is 2.77. The van der Waals surface area contributed by atoms with Gasteiger partial charge in [0, 0.05) is 16.8 Å². The summed E-state index contributed by atoms with van der Waals surface area (Å²) in [6.45, 7) is 0. The number of aromatic nitrogens is 2. The molecule has 0 N–H and O–H groups in total. The SMILES string of the molecule is Fc1c(-c2ccccc2)nc(-c2ccccc2)n1-c1ccccc1. The van der Waals surface area contributed by atoms with E-state index in [1.807, 2.05) is 91.0 Å². The second-order valence-corrected chi connectivity index (χ2v) is 5.48. The summed E-state index contributed by atoms with van der Waals surface area (Å²) >= 11 is 0. The zero-order valence-electron chi connectivity index (χ0n) is 12.9. The summed E-state index contributed by atoms with van der Waals surface area (Å²) in [5.74, 6) is 0.240. The maximum Gasteiger partial charge on any atom is 0.226 e. The Hall–Kier alpha value is -3.20. The molecule has 0 bridgehead atoms. The van der Waals surface area contributed by atoms with Gasteiger partial charge in [-0.05, 0) is 12.1 Å². The molecule has 1 heterocycles. The van der Waals surface area contributed by atoms with Crippen LogP contribution in [0.15, 0.2) is 91.0 Å². The molecule has 24 heavy (non-hydrogen) atoms. The molecule has 2 nitrogen and oxygen atoms in total. The Morgan fingerprint density at radius 2 is 1.12 bits per heavy atom. The van der Waals surface area contributed by atoms with Crippen molar-refractivity contribution in [3.8, 4) is 28.3 Å². The fraction of sp³-hybridized carbons (Fsp3) is 0. The Bertz CT molecular complexity index is 945. The molecule has 0 aliphatic carbocycles. The molecule has 116 valence electrons. The monoisotopic (exact) mass is 314 g/mol. The third-order valence-electron chi connectivity index (χ3n) is 3.91. The quantitative estimate of drug-likeness (QED) is 0.499. The Balaban J connectivity index is 1.99. The van der Waals surface area contributed by atoms with E-state index in [-0.39, 0.29) is 5.95 Å². The first kappa shape index (κ1) is 14.4. The third kappa shape index (κ3) is 2.50. The van der Waals surface area contributed by atoms with Crippen LogP contribution in [-0.2, 0) is 0 Å². The lowest BCUT2D eigenvalue weighted by atomic mass is 10.2. The fourth-order valence-electron chi connectivity index (χ4n) is 2.77. The standard InChI is InChI=1S/C21H15FN2/c22-20-19(16-10-4-1-5-11-16)23-21(17-12-6-2-7-13-17)24(20)18-14-8-3-9-15-18/h1-15H. The Kier molecular flexibility index (Phi) is 3.67. The molecule has 0 aliphatic rings. The summed E-state index contributed by atoms with van der Waals surface area (Å²) in [5.41, 5.74) is 2.76. The highest BCUT2D eigenvalue weighted by Gasteiger charge is 2.20. The minimum absolute atomic E-state index is 0.355. The number of nitrogens with zero attached hydrogens (tertiary/aromatic N) is 2. The van der Waals surface area contributed by atoms with E-state index in [4.69, 9.17) is 0 Å². The van der Waals surface area contributed by atoms with Crippen molar-refractivity contribution in [1.29, 1.82) is 0 Å². The first-order chi connectivity index (χ1) is 11.8. The number of para-hydroxylation sites is 1. The first-order valence-corrected chi connectivity index (χ1v) is 7.79. The molecule has 4 rings (SSSR count). The van der Waals surface area contributed by atoms with E-state index < -0.39 is 0 Å². The van der Waals surface area contributed by atoms with E-state index in [1.165, 1.54) is 0 Å². The van der Waals surface area contributed by atoms with Gasteiger partial charge in [-0.15, -0.1) is 0 Å². The lowest BCUT2D eigenvalue weighted by Crippen LogP contribution is -2.00. The second kappa shape index (κ2) is 6.13. The van der Waals surface area contributed by atoms with Gasteiger partial charge in [-0.25, -0.2) is 4.98 Å². The molecule has 4 aromatic rings. The minimum atomic E-state index is -0.355. The highest BCUT2D eigenvalue weighted by atomic mass is 19.1. The average Bonchev–Trinajstić information content (AvgIpc) is 3.01. The molecule has 0 unspecified atom stereocenters. The predicted molar refractivity (Wildman–Crippen MR) is 94.4 cm³/mol. The van der Waals surface area contributed by atoms with E-state index in [0.29, 0.717) is 11.5 Å². The van der Waals surface area contributed by atoms with Crippen LogP contribution >= 0.6 is 0 Å². The van der Waals surface area contributed by atoms with Crippen LogP contribution in [0.3, 0.4) is 0 Å². The zero-order chi connectivity index (χ0) is 16.4. The van der Waals surface area contributed by atoms with E-state index >= 15 is 4.39 Å². The summed E-state index contributed by atoms with van der Waals surface area (Å²) in [5, 5.41) is 0. The van der Waals surface area contributed by atoms with Gasteiger partial charge in [0.15, 0.2) is 0 Å². The van der Waals surface area contributed by atoms with Gasteiger partial charge >= 0.3 is 0 Å². The summed E-state index contributed by atoms with van der Waals surface area (Å²) in [6, 6.07) is 28.6. The van der Waals surface area contributed by atoms with E-state index in [1.54, 1.807) is 4.57 Å². The smallest absolute Gasteiger partial charge is 0.226 e. The molecular formula is C21H15FN2. The van der Waals surface area contributed by atoms with E-state index in [0.717, 1.165) is 16.8 Å². The second-order valence-electron chi connectivity index (χ2n) is 5.48. The van der Waals surface area contributed by atoms with Crippen molar-refractivity contribution in [3.05, 3.63) is 96.9 Å². The molecule has 0 aliphatic heterocycles. The number of rotatable bonds is 3. The molecule has 3 heteroatoms. The lowest BCUT2D eigenvalue weighted by Gasteiger charge is -2.08. The Morgan fingerprint density at radius 3 is 1.71 bits per heavy atom. The third-order valence-corrected chi connectivity index (χ3v) is 3.91. The van der Waals surface area contributed by atoms with Crippen LogP contribution in [0, 0.1) is 5.95 Å². The molecule has 1 aromatic heterocycles. The molecule has 0 radical (unpaired) electrons. The van der Waals surface area contributed by atoms with Crippen LogP contribution in [0.5, 0.6) is 0 Å². The van der Waals surface area contributed by atoms with Crippen molar-refractivity contribution in [2.24, 2.45) is 0 Å². The minimum Gasteiger partial charge on any atom is -0.268 e. The van der Waals surface area contributed by atoms with E-state index in [2.05, 4.69) is 4.98 Å². The molecule has 3 aromatic carbocycles. The van der Waals surface area contributed by atoms with Crippen LogP contribution in [0.25, 0.3) is 28.3 Å². The van der Waals surface area contributed by atoms with Crippen LogP contribution in [0.2, 0.25) is 0 Å². The van der Waals surface area contributed by atoms with Gasteiger partial charge in [-0.1, -0.05) is 78.9 Å². The number of hydrogen-bond donors (Lipinski definition) is 0. The van der Waals surface area contributed by atoms with E-state index in [9.17, 15) is 0 Å². The normalized spacial score (nSPS) is 10.7. The Labute approximate surface area is 139 Å². The van der Waals surface area contributed by atoms with Gasteiger partial charge < -0.3 is 0 Å². The maximum absolute atomic E-state index is 15.3. The summed E-state index contributed by atoms with van der Waals surface area (Å²) in [6.07, 6.45) is 0. The number of halogens is 1. The number of hydrogen-bond acceptors (Lipinski definition) is 1. The number of imidazole rings is 1. The van der Waals surface area contributed by atoms with Crippen molar-refractivity contribution in [3.63, 3.8) is 0 Å². The van der Waals surface area contributed by atoms with Crippen molar-refractivity contribution < 1.29 is 4.39 Å². The average molecular weight is 314 g/mol. The molecule has 0 amide bonds. The van der Waals surface area contributed by atoms with Crippen LogP contribution < -0.4 is 0 Å². The predicted octanol–water partition coefficient (Wildman–Crippen LogP) is 5.35. The van der Waals surface area contributed by atoms with Gasteiger partial charge in [-0.2, -0.15) is 4.39 Å². The molecule has 0 spiro atoms. The lowest BCUT2D eigenvalue weighted by molar-refractivity contribution is 0.565.